The molecule has 0 spiro atoms. The van der Waals surface area contributed by atoms with Gasteiger partial charge in [-0.3, -0.25) is 9.51 Å². The fourth-order valence-electron chi connectivity index (χ4n) is 4.99. The Kier molecular flexibility index (Phi) is 9.80. The van der Waals surface area contributed by atoms with Crippen LogP contribution < -0.4 is 10.5 Å². The first kappa shape index (κ1) is 32.0. The van der Waals surface area contributed by atoms with Gasteiger partial charge in [-0.15, -0.1) is 0 Å². The minimum absolute atomic E-state index is 0.0436. The molecule has 7 nitrogen and oxygen atoms in total. The zero-order chi connectivity index (χ0) is 32.7. The molecule has 0 saturated heterocycles. The van der Waals surface area contributed by atoms with Crippen LogP contribution >= 0.6 is 0 Å². The molecule has 1 heterocycles. The molecule has 236 valence electrons. The van der Waals surface area contributed by atoms with E-state index in [1.807, 2.05) is 30.3 Å². The van der Waals surface area contributed by atoms with Crippen molar-refractivity contribution in [3.63, 3.8) is 0 Å². The fraction of sp³-hybridized carbons (Fsp3) is 0.171. The van der Waals surface area contributed by atoms with Gasteiger partial charge in [-0.25, -0.2) is 14.0 Å². The molecule has 1 aromatic heterocycles. The van der Waals surface area contributed by atoms with Gasteiger partial charge in [0.1, 0.15) is 18.2 Å². The summed E-state index contributed by atoms with van der Waals surface area (Å²) in [5.74, 6) is -1.76. The van der Waals surface area contributed by atoms with Crippen LogP contribution in [-0.2, 0) is 25.6 Å². The van der Waals surface area contributed by atoms with E-state index in [1.54, 1.807) is 18.2 Å². The Morgan fingerprint density at radius 2 is 1.70 bits per heavy atom. The molecule has 0 radical (unpaired) electrons. The summed E-state index contributed by atoms with van der Waals surface area (Å²) in [5.41, 5.74) is 2.26. The summed E-state index contributed by atoms with van der Waals surface area (Å²) >= 11 is 0. The summed E-state index contributed by atoms with van der Waals surface area (Å²) in [4.78, 5) is 25.1. The van der Waals surface area contributed by atoms with Crippen molar-refractivity contribution in [2.75, 3.05) is 0 Å². The van der Waals surface area contributed by atoms with Crippen LogP contribution in [0.2, 0.25) is 0 Å². The van der Waals surface area contributed by atoms with Crippen LogP contribution in [0.3, 0.4) is 0 Å². The molecule has 5 rings (SSSR count). The Bertz CT molecular complexity index is 1880. The third-order valence-corrected chi connectivity index (χ3v) is 7.40. The predicted octanol–water partition coefficient (Wildman–Crippen LogP) is 7.97. The Morgan fingerprint density at radius 1 is 0.978 bits per heavy atom. The molecule has 2 N–H and O–H groups in total. The first-order valence-electron chi connectivity index (χ1n) is 14.3. The van der Waals surface area contributed by atoms with Crippen LogP contribution in [0.5, 0.6) is 5.75 Å². The van der Waals surface area contributed by atoms with Gasteiger partial charge in [0.2, 0.25) is 0 Å². The van der Waals surface area contributed by atoms with Crippen molar-refractivity contribution in [3.05, 3.63) is 147 Å². The number of halogens is 4. The van der Waals surface area contributed by atoms with Crippen LogP contribution in [0.4, 0.5) is 17.6 Å². The number of aromatic nitrogens is 2. The molecule has 0 amide bonds. The van der Waals surface area contributed by atoms with Crippen molar-refractivity contribution in [1.82, 2.24) is 10.1 Å². The fourth-order valence-corrected chi connectivity index (χ4v) is 4.99. The number of aromatic amines is 1. The lowest BCUT2D eigenvalue weighted by Crippen LogP contribution is -2.11. The lowest BCUT2D eigenvalue weighted by atomic mass is 9.91. The third kappa shape index (κ3) is 8.38. The highest BCUT2D eigenvalue weighted by Gasteiger charge is 2.33. The zero-order valence-electron chi connectivity index (χ0n) is 24.3. The average molecular weight is 633 g/mol. The highest BCUT2D eigenvalue weighted by Crippen LogP contribution is 2.33. The van der Waals surface area contributed by atoms with E-state index >= 15 is 0 Å². The number of carboxylic acid groups (broad SMARTS) is 1. The number of carboxylic acids is 1. The normalized spacial score (nSPS) is 12.3. The van der Waals surface area contributed by atoms with Crippen molar-refractivity contribution < 1.29 is 36.7 Å². The molecular weight excluding hydrogens is 604 g/mol. The second kappa shape index (κ2) is 14.1. The number of nitrogens with one attached hydrogen (secondary N) is 1. The van der Waals surface area contributed by atoms with Crippen LogP contribution in [0.25, 0.3) is 17.5 Å². The van der Waals surface area contributed by atoms with Gasteiger partial charge < -0.3 is 9.84 Å². The number of nitrogens with zero attached hydrogens (tertiary/aromatic N) is 1. The summed E-state index contributed by atoms with van der Waals surface area (Å²) in [5, 5.41) is 12.9. The lowest BCUT2D eigenvalue weighted by Gasteiger charge is -2.16. The number of carbonyl (C=O) groups is 1. The van der Waals surface area contributed by atoms with Crippen molar-refractivity contribution in [2.24, 2.45) is 5.92 Å². The Balaban J connectivity index is 1.35. The van der Waals surface area contributed by atoms with E-state index < -0.39 is 29.3 Å². The Hall–Kier alpha value is -5.45. The largest absolute Gasteiger partial charge is 0.488 e. The first-order valence-corrected chi connectivity index (χ1v) is 14.3. The average Bonchev–Trinajstić information content (AvgIpc) is 3.48. The monoisotopic (exact) mass is 632 g/mol. The van der Waals surface area contributed by atoms with Gasteiger partial charge in [0.05, 0.1) is 11.1 Å². The van der Waals surface area contributed by atoms with Gasteiger partial charge in [-0.2, -0.15) is 13.2 Å². The van der Waals surface area contributed by atoms with Crippen molar-refractivity contribution in [1.29, 1.82) is 0 Å². The van der Waals surface area contributed by atoms with E-state index in [1.165, 1.54) is 48.5 Å². The van der Waals surface area contributed by atoms with E-state index in [0.29, 0.717) is 36.2 Å². The minimum Gasteiger partial charge on any atom is -0.488 e. The molecule has 0 aliphatic carbocycles. The second-order valence-electron chi connectivity index (χ2n) is 10.6. The number of H-pyrrole nitrogens is 1. The molecule has 1 unspecified atom stereocenters. The summed E-state index contributed by atoms with van der Waals surface area (Å²) in [6.45, 7) is -0.361. The molecule has 0 fully saturated rings. The number of aryl methyl sites for hydroxylation is 1. The van der Waals surface area contributed by atoms with Gasteiger partial charge >= 0.3 is 17.9 Å². The summed E-state index contributed by atoms with van der Waals surface area (Å²) in [6.07, 6.45) is 0.884. The van der Waals surface area contributed by atoms with Gasteiger partial charge in [0.25, 0.3) is 0 Å². The van der Waals surface area contributed by atoms with Crippen LogP contribution in [0.1, 0.15) is 44.6 Å². The summed E-state index contributed by atoms with van der Waals surface area (Å²) < 4.78 is 65.1. The van der Waals surface area contributed by atoms with E-state index in [0.717, 1.165) is 17.2 Å². The number of ether oxygens (including phenoxy) is 1. The van der Waals surface area contributed by atoms with E-state index in [2.05, 4.69) is 14.7 Å². The first-order chi connectivity index (χ1) is 22.0. The Morgan fingerprint density at radius 3 is 2.37 bits per heavy atom. The molecule has 0 bridgehead atoms. The summed E-state index contributed by atoms with van der Waals surface area (Å²) in [7, 11) is 0. The maximum atomic E-state index is 14.3. The number of rotatable bonds is 12. The van der Waals surface area contributed by atoms with E-state index in [9.17, 15) is 32.3 Å². The number of benzene rings is 4. The molecule has 46 heavy (non-hydrogen) atoms. The quantitative estimate of drug-likeness (QED) is 0.135. The third-order valence-electron chi connectivity index (χ3n) is 7.40. The van der Waals surface area contributed by atoms with Crippen LogP contribution in [-0.4, -0.2) is 21.2 Å². The maximum Gasteiger partial charge on any atom is 0.439 e. The molecule has 5 aromatic rings. The van der Waals surface area contributed by atoms with Crippen LogP contribution in [0, 0.1) is 11.7 Å². The number of alkyl halides is 3. The zero-order valence-corrected chi connectivity index (χ0v) is 24.3. The molecule has 1 atom stereocenters. The summed E-state index contributed by atoms with van der Waals surface area (Å²) in [6, 6.07) is 22.9. The molecule has 11 heteroatoms. The predicted molar refractivity (Wildman–Crippen MR) is 163 cm³/mol. The standard InChI is InChI=1S/C35H28F4N2O5/c36-29-17-18-31(45-21-28-3-1-2-4-30(28)35(37,38)39)27(20-29)16-11-23(19-24-9-14-26(15-10-24)33(42)43)6-5-22-7-12-25(13-8-22)32-40-34(44)46-41-32/h1-4,7-18,20,23H,5-6,19,21H2,(H,42,43)(H,40,41,44)/b16-11-. The van der Waals surface area contributed by atoms with E-state index in [-0.39, 0.29) is 29.4 Å². The van der Waals surface area contributed by atoms with Gasteiger partial charge in [-0.1, -0.05) is 71.9 Å². The topological polar surface area (TPSA) is 105 Å². The van der Waals surface area contributed by atoms with Gasteiger partial charge in [0, 0.05) is 16.7 Å². The van der Waals surface area contributed by atoms with Gasteiger partial charge in [0.15, 0.2) is 5.82 Å². The van der Waals surface area contributed by atoms with Crippen molar-refractivity contribution in [2.45, 2.75) is 32.0 Å². The highest BCUT2D eigenvalue weighted by atomic mass is 19.4. The number of allylic oxidation sites excluding steroid dienone is 1. The van der Waals surface area contributed by atoms with Crippen molar-refractivity contribution in [3.8, 4) is 17.1 Å². The lowest BCUT2D eigenvalue weighted by molar-refractivity contribution is -0.138. The smallest absolute Gasteiger partial charge is 0.439 e. The molecule has 0 aliphatic heterocycles. The Labute approximate surface area is 260 Å². The maximum absolute atomic E-state index is 14.3. The molecule has 0 saturated carbocycles. The number of hydrogen-bond acceptors (Lipinski definition) is 5. The second-order valence-corrected chi connectivity index (χ2v) is 10.6. The van der Waals surface area contributed by atoms with Crippen LogP contribution in [0.15, 0.2) is 106 Å². The molecule has 0 aliphatic rings. The number of hydrogen-bond donors (Lipinski definition) is 2. The molecule has 4 aromatic carbocycles. The number of aromatic carboxylic acids is 1. The SMILES string of the molecule is O=C(O)c1ccc(CC(/C=C\c2cc(F)ccc2OCc2ccccc2C(F)(F)F)CCc2ccc(-c3noc(=O)[nH]3)cc2)cc1. The van der Waals surface area contributed by atoms with Gasteiger partial charge in [-0.05, 0) is 72.7 Å². The van der Waals surface area contributed by atoms with Crippen molar-refractivity contribution >= 4 is 12.0 Å². The highest BCUT2D eigenvalue weighted by molar-refractivity contribution is 5.87. The van der Waals surface area contributed by atoms with E-state index in [4.69, 9.17) is 4.74 Å². The molecular formula is C35H28F4N2O5. The minimum atomic E-state index is -4.54.